The van der Waals surface area contributed by atoms with Gasteiger partial charge in [0.15, 0.2) is 0 Å². The summed E-state index contributed by atoms with van der Waals surface area (Å²) in [5.74, 6) is 0.0168. The lowest BCUT2D eigenvalue weighted by molar-refractivity contribution is -0.0397. The van der Waals surface area contributed by atoms with Gasteiger partial charge in [-0.15, -0.1) is 0 Å². The Labute approximate surface area is 127 Å². The van der Waals surface area contributed by atoms with Gasteiger partial charge in [0.25, 0.3) is 0 Å². The van der Waals surface area contributed by atoms with Gasteiger partial charge in [-0.25, -0.2) is 8.42 Å². The Morgan fingerprint density at radius 2 is 1.80 bits per heavy atom. The van der Waals surface area contributed by atoms with Crippen LogP contribution in [0, 0.1) is 5.41 Å². The van der Waals surface area contributed by atoms with Gasteiger partial charge in [0.05, 0.1) is 25.1 Å². The molecular weight excluding hydrogens is 300 g/mol. The van der Waals surface area contributed by atoms with Crippen LogP contribution >= 0.6 is 10.7 Å². The Hall–Kier alpha value is 0.160. The minimum absolute atomic E-state index is 0.0168. The first kappa shape index (κ1) is 18.2. The highest BCUT2D eigenvalue weighted by Crippen LogP contribution is 2.37. The summed E-state index contributed by atoms with van der Waals surface area (Å²) in [6.45, 7) is 5.55. The van der Waals surface area contributed by atoms with Crippen LogP contribution in [0.15, 0.2) is 0 Å². The molecule has 20 heavy (non-hydrogen) atoms. The van der Waals surface area contributed by atoms with Gasteiger partial charge in [-0.2, -0.15) is 0 Å². The molecule has 1 fully saturated rings. The van der Waals surface area contributed by atoms with E-state index in [-0.39, 0.29) is 17.3 Å². The molecule has 120 valence electrons. The standard InChI is InChI=1S/C14H27ClO4S/c1-3-18-10-13(2)19-11-14(12-20(15,16)17)8-6-4-5-7-9-14/h13H,3-12H2,1-2H3. The zero-order valence-electron chi connectivity index (χ0n) is 12.6. The number of ether oxygens (including phenoxy) is 2. The molecule has 1 rings (SSSR count). The highest BCUT2D eigenvalue weighted by Gasteiger charge is 2.36. The van der Waals surface area contributed by atoms with Gasteiger partial charge in [-0.05, 0) is 26.7 Å². The molecule has 0 N–H and O–H groups in total. The lowest BCUT2D eigenvalue weighted by Gasteiger charge is -2.32. The van der Waals surface area contributed by atoms with Crippen molar-refractivity contribution in [2.75, 3.05) is 25.6 Å². The number of hydrogen-bond donors (Lipinski definition) is 0. The number of hydrogen-bond acceptors (Lipinski definition) is 4. The topological polar surface area (TPSA) is 52.6 Å². The van der Waals surface area contributed by atoms with E-state index in [0.29, 0.717) is 19.8 Å². The average molecular weight is 327 g/mol. The molecule has 6 heteroatoms. The largest absolute Gasteiger partial charge is 0.379 e. The van der Waals surface area contributed by atoms with E-state index in [9.17, 15) is 8.42 Å². The molecule has 1 aliphatic carbocycles. The van der Waals surface area contributed by atoms with Crippen LogP contribution in [0.2, 0.25) is 0 Å². The van der Waals surface area contributed by atoms with Crippen molar-refractivity contribution in [1.29, 1.82) is 0 Å². The van der Waals surface area contributed by atoms with Gasteiger partial charge in [0, 0.05) is 22.7 Å². The highest BCUT2D eigenvalue weighted by molar-refractivity contribution is 8.13. The van der Waals surface area contributed by atoms with Crippen molar-refractivity contribution in [2.24, 2.45) is 5.41 Å². The molecular formula is C14H27ClO4S. The van der Waals surface area contributed by atoms with E-state index in [1.54, 1.807) is 0 Å². The van der Waals surface area contributed by atoms with Gasteiger partial charge in [-0.1, -0.05) is 25.7 Å². The Morgan fingerprint density at radius 3 is 2.30 bits per heavy atom. The number of rotatable bonds is 8. The molecule has 0 aromatic rings. The summed E-state index contributed by atoms with van der Waals surface area (Å²) in [5, 5.41) is 0. The third kappa shape index (κ3) is 7.25. The predicted octanol–water partition coefficient (Wildman–Crippen LogP) is 3.34. The SMILES string of the molecule is CCOCC(C)OCC1(CS(=O)(=O)Cl)CCCCCC1. The van der Waals surface area contributed by atoms with E-state index < -0.39 is 9.05 Å². The molecule has 0 heterocycles. The van der Waals surface area contributed by atoms with Crippen molar-refractivity contribution in [2.45, 2.75) is 58.5 Å². The van der Waals surface area contributed by atoms with Crippen LogP contribution in [0.1, 0.15) is 52.4 Å². The van der Waals surface area contributed by atoms with Crippen LogP contribution in [0.25, 0.3) is 0 Å². The monoisotopic (exact) mass is 326 g/mol. The third-order valence-corrected chi connectivity index (χ3v) is 5.16. The molecule has 0 aliphatic heterocycles. The molecule has 0 amide bonds. The maximum atomic E-state index is 11.5. The minimum atomic E-state index is -3.50. The summed E-state index contributed by atoms with van der Waals surface area (Å²) >= 11 is 0. The van der Waals surface area contributed by atoms with Crippen LogP contribution in [-0.4, -0.2) is 40.1 Å². The summed E-state index contributed by atoms with van der Waals surface area (Å²) in [4.78, 5) is 0. The van der Waals surface area contributed by atoms with Crippen molar-refractivity contribution < 1.29 is 17.9 Å². The Balaban J connectivity index is 2.62. The molecule has 1 aliphatic rings. The summed E-state index contributed by atoms with van der Waals surface area (Å²) in [6, 6.07) is 0. The molecule has 0 spiro atoms. The minimum Gasteiger partial charge on any atom is -0.379 e. The van der Waals surface area contributed by atoms with Gasteiger partial charge in [-0.3, -0.25) is 0 Å². The fourth-order valence-electron chi connectivity index (χ4n) is 2.83. The van der Waals surface area contributed by atoms with Crippen LogP contribution in [0.3, 0.4) is 0 Å². The Bertz CT molecular complexity index is 361. The Morgan fingerprint density at radius 1 is 1.20 bits per heavy atom. The second kappa shape index (κ2) is 8.57. The zero-order chi connectivity index (χ0) is 15.1. The van der Waals surface area contributed by atoms with Crippen LogP contribution in [0.4, 0.5) is 0 Å². The van der Waals surface area contributed by atoms with E-state index in [1.807, 2.05) is 13.8 Å². The summed E-state index contributed by atoms with van der Waals surface area (Å²) in [5.41, 5.74) is -0.322. The van der Waals surface area contributed by atoms with Crippen LogP contribution < -0.4 is 0 Å². The first-order valence-corrected chi connectivity index (χ1v) is 9.96. The number of halogens is 1. The first-order valence-electron chi connectivity index (χ1n) is 7.48. The maximum Gasteiger partial charge on any atom is 0.233 e. The van der Waals surface area contributed by atoms with E-state index in [1.165, 1.54) is 12.8 Å². The molecule has 0 saturated heterocycles. The average Bonchev–Trinajstić information content (AvgIpc) is 2.58. The molecule has 0 bridgehead atoms. The summed E-state index contributed by atoms with van der Waals surface area (Å²) < 4.78 is 34.2. The highest BCUT2D eigenvalue weighted by atomic mass is 35.7. The maximum absolute atomic E-state index is 11.5. The molecule has 0 aromatic carbocycles. The van der Waals surface area contributed by atoms with Crippen LogP contribution in [-0.2, 0) is 18.5 Å². The van der Waals surface area contributed by atoms with Gasteiger partial charge in [0.2, 0.25) is 9.05 Å². The summed E-state index contributed by atoms with van der Waals surface area (Å²) in [7, 11) is 2.00. The lowest BCUT2D eigenvalue weighted by Crippen LogP contribution is -2.35. The third-order valence-electron chi connectivity index (χ3n) is 3.87. The normalized spacial score (nSPS) is 21.4. The van der Waals surface area contributed by atoms with E-state index >= 15 is 0 Å². The first-order chi connectivity index (χ1) is 9.37. The van der Waals surface area contributed by atoms with E-state index in [0.717, 1.165) is 25.7 Å². The van der Waals surface area contributed by atoms with E-state index in [4.69, 9.17) is 20.2 Å². The second-order valence-electron chi connectivity index (χ2n) is 5.88. The summed E-state index contributed by atoms with van der Waals surface area (Å²) in [6.07, 6.45) is 6.16. The fraction of sp³-hybridized carbons (Fsp3) is 1.00. The zero-order valence-corrected chi connectivity index (χ0v) is 14.1. The van der Waals surface area contributed by atoms with Gasteiger partial charge in [0.1, 0.15) is 0 Å². The molecule has 0 aromatic heterocycles. The van der Waals surface area contributed by atoms with Gasteiger partial charge < -0.3 is 9.47 Å². The van der Waals surface area contributed by atoms with Gasteiger partial charge >= 0.3 is 0 Å². The van der Waals surface area contributed by atoms with Crippen molar-refractivity contribution in [3.63, 3.8) is 0 Å². The lowest BCUT2D eigenvalue weighted by atomic mass is 9.83. The van der Waals surface area contributed by atoms with Crippen molar-refractivity contribution >= 4 is 19.7 Å². The van der Waals surface area contributed by atoms with Crippen molar-refractivity contribution in [3.8, 4) is 0 Å². The second-order valence-corrected chi connectivity index (χ2v) is 8.66. The van der Waals surface area contributed by atoms with Crippen molar-refractivity contribution in [3.05, 3.63) is 0 Å². The fourth-order valence-corrected chi connectivity index (χ4v) is 4.62. The van der Waals surface area contributed by atoms with Crippen LogP contribution in [0.5, 0.6) is 0 Å². The molecule has 0 radical (unpaired) electrons. The molecule has 1 atom stereocenters. The van der Waals surface area contributed by atoms with E-state index in [2.05, 4.69) is 0 Å². The Kier molecular flexibility index (Phi) is 7.80. The predicted molar refractivity (Wildman–Crippen MR) is 81.7 cm³/mol. The quantitative estimate of drug-likeness (QED) is 0.507. The smallest absolute Gasteiger partial charge is 0.233 e. The molecule has 1 unspecified atom stereocenters. The molecule has 1 saturated carbocycles. The molecule has 4 nitrogen and oxygen atoms in total. The van der Waals surface area contributed by atoms with Crippen molar-refractivity contribution in [1.82, 2.24) is 0 Å².